The quantitative estimate of drug-likeness (QED) is 0.738. The fraction of sp³-hybridized carbons (Fsp3) is 0.471. The summed E-state index contributed by atoms with van der Waals surface area (Å²) in [6.07, 6.45) is 5.17. The van der Waals surface area contributed by atoms with Crippen LogP contribution < -0.4 is 5.32 Å². The van der Waals surface area contributed by atoms with Crippen LogP contribution in [0.15, 0.2) is 22.9 Å². The number of hydrogen-bond acceptors (Lipinski definition) is 6. The first-order valence-electron chi connectivity index (χ1n) is 8.61. The molecule has 25 heavy (non-hydrogen) atoms. The second kappa shape index (κ2) is 6.27. The summed E-state index contributed by atoms with van der Waals surface area (Å²) in [6.45, 7) is 4.01. The van der Waals surface area contributed by atoms with Crippen molar-refractivity contribution in [2.75, 3.05) is 0 Å². The Labute approximate surface area is 144 Å². The zero-order chi connectivity index (χ0) is 17.4. The van der Waals surface area contributed by atoms with Gasteiger partial charge in [-0.25, -0.2) is 0 Å². The van der Waals surface area contributed by atoms with Gasteiger partial charge < -0.3 is 9.84 Å². The highest BCUT2D eigenvalue weighted by molar-refractivity contribution is 5.78. The fourth-order valence-electron chi connectivity index (χ4n) is 2.62. The lowest BCUT2D eigenvalue weighted by Crippen LogP contribution is -2.33. The minimum atomic E-state index is -0.0568. The van der Waals surface area contributed by atoms with E-state index in [0.717, 1.165) is 30.7 Å². The Morgan fingerprint density at radius 3 is 3.04 bits per heavy atom. The Hall–Kier alpha value is -2.77. The molecule has 1 amide bonds. The first-order chi connectivity index (χ1) is 12.1. The maximum Gasteiger partial charge on any atom is 0.258 e. The average molecular weight is 340 g/mol. The van der Waals surface area contributed by atoms with E-state index in [9.17, 15) is 4.79 Å². The molecule has 1 saturated carbocycles. The first-order valence-corrected chi connectivity index (χ1v) is 8.61. The van der Waals surface area contributed by atoms with Gasteiger partial charge >= 0.3 is 0 Å². The summed E-state index contributed by atoms with van der Waals surface area (Å²) >= 11 is 0. The molecule has 0 radical (unpaired) electrons. The summed E-state index contributed by atoms with van der Waals surface area (Å²) in [7, 11) is 0. The van der Waals surface area contributed by atoms with E-state index in [-0.39, 0.29) is 18.4 Å². The number of hydrogen-bond donors (Lipinski definition) is 1. The van der Waals surface area contributed by atoms with E-state index in [1.165, 1.54) is 0 Å². The molecular weight excluding hydrogens is 320 g/mol. The van der Waals surface area contributed by atoms with Gasteiger partial charge in [-0.1, -0.05) is 12.1 Å². The van der Waals surface area contributed by atoms with Gasteiger partial charge in [-0.3, -0.25) is 9.20 Å². The van der Waals surface area contributed by atoms with Crippen LogP contribution in [-0.4, -0.2) is 36.7 Å². The number of aromatic nitrogens is 5. The molecule has 1 aliphatic rings. The zero-order valence-electron chi connectivity index (χ0n) is 14.3. The van der Waals surface area contributed by atoms with Crippen LogP contribution in [0.3, 0.4) is 0 Å². The molecule has 3 aromatic rings. The number of carbonyl (C=O) groups excluding carboxylic acids is 1. The van der Waals surface area contributed by atoms with Crippen molar-refractivity contribution in [1.82, 2.24) is 30.1 Å². The van der Waals surface area contributed by atoms with Crippen molar-refractivity contribution in [3.8, 4) is 11.5 Å². The molecule has 130 valence electrons. The van der Waals surface area contributed by atoms with E-state index in [1.54, 1.807) is 4.40 Å². The summed E-state index contributed by atoms with van der Waals surface area (Å²) in [5.74, 6) is 2.26. The number of nitrogens with one attached hydrogen (secondary N) is 1. The molecule has 0 saturated heterocycles. The summed E-state index contributed by atoms with van der Waals surface area (Å²) in [5.41, 5.74) is 1.45. The molecule has 3 aromatic heterocycles. The van der Waals surface area contributed by atoms with Crippen LogP contribution in [0.1, 0.15) is 50.7 Å². The van der Waals surface area contributed by atoms with Gasteiger partial charge in [0, 0.05) is 23.7 Å². The molecule has 1 atom stereocenters. The highest BCUT2D eigenvalue weighted by atomic mass is 16.5. The minimum absolute atomic E-state index is 0.0568. The maximum absolute atomic E-state index is 12.1. The second-order valence-corrected chi connectivity index (χ2v) is 6.55. The molecule has 0 bridgehead atoms. The highest BCUT2D eigenvalue weighted by Crippen LogP contribution is 2.38. The summed E-state index contributed by atoms with van der Waals surface area (Å²) in [5, 5.41) is 15.3. The van der Waals surface area contributed by atoms with Crippen LogP contribution >= 0.6 is 0 Å². The van der Waals surface area contributed by atoms with Crippen LogP contribution in [0.4, 0.5) is 0 Å². The molecule has 4 rings (SSSR count). The number of pyridine rings is 1. The van der Waals surface area contributed by atoms with E-state index in [1.807, 2.05) is 32.2 Å². The van der Waals surface area contributed by atoms with Crippen molar-refractivity contribution in [2.45, 2.75) is 51.5 Å². The second-order valence-electron chi connectivity index (χ2n) is 6.55. The van der Waals surface area contributed by atoms with E-state index in [2.05, 4.69) is 25.7 Å². The molecule has 0 aliphatic heterocycles. The highest BCUT2D eigenvalue weighted by Gasteiger charge is 2.29. The monoisotopic (exact) mass is 340 g/mol. The standard InChI is InChI=1S/C17H20N6O2/c1-3-10(2)18-15(24)9-14-21-20-13-8-12(6-7-23(13)14)17-19-16(22-25-17)11-4-5-11/h6-8,10-11H,3-5,9H2,1-2H3,(H,18,24). The molecule has 1 unspecified atom stereocenters. The molecule has 1 fully saturated rings. The predicted octanol–water partition coefficient (Wildman–Crippen LogP) is 2.11. The van der Waals surface area contributed by atoms with E-state index in [4.69, 9.17) is 4.52 Å². The lowest BCUT2D eigenvalue weighted by molar-refractivity contribution is -0.121. The molecule has 1 aliphatic carbocycles. The van der Waals surface area contributed by atoms with Crippen LogP contribution in [0.2, 0.25) is 0 Å². The molecule has 8 nitrogen and oxygen atoms in total. The SMILES string of the molecule is CCC(C)NC(=O)Cc1nnc2cc(-c3nc(C4CC4)no3)ccn12. The summed E-state index contributed by atoms with van der Waals surface area (Å²) < 4.78 is 7.15. The van der Waals surface area contributed by atoms with Gasteiger partial charge in [0.05, 0.1) is 6.42 Å². The van der Waals surface area contributed by atoms with Gasteiger partial charge in [0.15, 0.2) is 11.5 Å². The Bertz CT molecular complexity index is 911. The third-order valence-corrected chi connectivity index (χ3v) is 4.45. The van der Waals surface area contributed by atoms with Gasteiger partial charge in [-0.15, -0.1) is 10.2 Å². The van der Waals surface area contributed by atoms with Crippen LogP contribution in [0.25, 0.3) is 17.1 Å². The molecule has 0 spiro atoms. The topological polar surface area (TPSA) is 98.2 Å². The van der Waals surface area contributed by atoms with Gasteiger partial charge in [0.1, 0.15) is 5.82 Å². The Morgan fingerprint density at radius 1 is 1.44 bits per heavy atom. The molecule has 8 heteroatoms. The normalized spacial score (nSPS) is 15.4. The molecule has 3 heterocycles. The lowest BCUT2D eigenvalue weighted by atomic mass is 10.2. The van der Waals surface area contributed by atoms with Crippen LogP contribution in [0, 0.1) is 0 Å². The molecular formula is C17H20N6O2. The van der Waals surface area contributed by atoms with Gasteiger partial charge in [0.2, 0.25) is 5.91 Å². The number of nitrogens with zero attached hydrogens (tertiary/aromatic N) is 5. The third-order valence-electron chi connectivity index (χ3n) is 4.45. The van der Waals surface area contributed by atoms with Gasteiger partial charge in [-0.2, -0.15) is 4.98 Å². The predicted molar refractivity (Wildman–Crippen MR) is 89.9 cm³/mol. The lowest BCUT2D eigenvalue weighted by Gasteiger charge is -2.10. The van der Waals surface area contributed by atoms with Crippen molar-refractivity contribution in [3.63, 3.8) is 0 Å². The van der Waals surface area contributed by atoms with Gasteiger partial charge in [-0.05, 0) is 38.3 Å². The van der Waals surface area contributed by atoms with Crippen molar-refractivity contribution in [2.24, 2.45) is 0 Å². The van der Waals surface area contributed by atoms with E-state index in [0.29, 0.717) is 23.3 Å². The van der Waals surface area contributed by atoms with Crippen molar-refractivity contribution < 1.29 is 9.32 Å². The number of amides is 1. The van der Waals surface area contributed by atoms with Crippen molar-refractivity contribution in [3.05, 3.63) is 30.0 Å². The molecule has 1 N–H and O–H groups in total. The fourth-order valence-corrected chi connectivity index (χ4v) is 2.62. The minimum Gasteiger partial charge on any atom is -0.353 e. The Morgan fingerprint density at radius 2 is 2.28 bits per heavy atom. The number of fused-ring (bicyclic) bond motifs is 1. The first kappa shape index (κ1) is 15.7. The third kappa shape index (κ3) is 3.24. The molecule has 0 aromatic carbocycles. The van der Waals surface area contributed by atoms with E-state index >= 15 is 0 Å². The summed E-state index contributed by atoms with van der Waals surface area (Å²) in [6, 6.07) is 3.86. The maximum atomic E-state index is 12.1. The van der Waals surface area contributed by atoms with E-state index < -0.39 is 0 Å². The number of carbonyl (C=O) groups is 1. The van der Waals surface area contributed by atoms with Gasteiger partial charge in [0.25, 0.3) is 5.89 Å². The Kier molecular flexibility index (Phi) is 3.95. The number of rotatable bonds is 6. The van der Waals surface area contributed by atoms with Crippen LogP contribution in [0.5, 0.6) is 0 Å². The smallest absolute Gasteiger partial charge is 0.258 e. The van der Waals surface area contributed by atoms with Crippen molar-refractivity contribution in [1.29, 1.82) is 0 Å². The largest absolute Gasteiger partial charge is 0.353 e. The Balaban J connectivity index is 1.54. The average Bonchev–Trinajstić information content (AvgIpc) is 3.21. The van der Waals surface area contributed by atoms with Crippen molar-refractivity contribution >= 4 is 11.6 Å². The summed E-state index contributed by atoms with van der Waals surface area (Å²) in [4.78, 5) is 16.5. The zero-order valence-corrected chi connectivity index (χ0v) is 14.3. The van der Waals surface area contributed by atoms with Crippen LogP contribution in [-0.2, 0) is 11.2 Å².